The van der Waals surface area contributed by atoms with E-state index >= 15 is 0 Å². The van der Waals surface area contributed by atoms with Crippen LogP contribution in [0.5, 0.6) is 0 Å². The van der Waals surface area contributed by atoms with Crippen LogP contribution in [0.1, 0.15) is 24.9 Å². The van der Waals surface area contributed by atoms with Gasteiger partial charge in [0.15, 0.2) is 11.5 Å². The lowest BCUT2D eigenvalue weighted by molar-refractivity contribution is -0.141. The minimum Gasteiger partial charge on any atom is -0.374 e. The Labute approximate surface area is 200 Å². The van der Waals surface area contributed by atoms with Crippen LogP contribution in [0, 0.1) is 5.41 Å². The molecule has 0 aliphatic carbocycles. The second-order valence-electron chi connectivity index (χ2n) is 8.13. The minimum atomic E-state index is -4.55. The number of aliphatic hydroxyl groups is 1. The third kappa shape index (κ3) is 5.54. The molecule has 2 aliphatic rings. The predicted octanol–water partition coefficient (Wildman–Crippen LogP) is 2.50. The van der Waals surface area contributed by atoms with Gasteiger partial charge >= 0.3 is 6.18 Å². The number of aliphatic hydroxyl groups excluding tert-OH is 1. The Hall–Kier alpha value is -3.64. The number of halogens is 3. The third-order valence-corrected chi connectivity index (χ3v) is 5.89. The lowest BCUT2D eigenvalue weighted by Gasteiger charge is -2.34. The van der Waals surface area contributed by atoms with Crippen molar-refractivity contribution in [1.82, 2.24) is 30.2 Å². The van der Waals surface area contributed by atoms with Crippen LogP contribution in [0.15, 0.2) is 66.6 Å². The molecule has 9 nitrogen and oxygen atoms in total. The average molecular weight is 487 g/mol. The van der Waals surface area contributed by atoms with Gasteiger partial charge in [0.25, 0.3) is 0 Å². The lowest BCUT2D eigenvalue weighted by Crippen LogP contribution is -2.46. The molecular formula is C23H25F3N8O. The number of hydrogen-bond acceptors (Lipinski definition) is 9. The number of alkyl halides is 3. The molecule has 2 aliphatic heterocycles. The highest BCUT2D eigenvalue weighted by Crippen LogP contribution is 2.28. The monoisotopic (exact) mass is 486 g/mol. The van der Waals surface area contributed by atoms with Crippen molar-refractivity contribution in [2.24, 2.45) is 0 Å². The Bertz CT molecular complexity index is 1130. The van der Waals surface area contributed by atoms with Gasteiger partial charge in [0.1, 0.15) is 17.8 Å². The first-order chi connectivity index (χ1) is 16.8. The first-order valence-electron chi connectivity index (χ1n) is 11.0. The van der Waals surface area contributed by atoms with Gasteiger partial charge in [-0.15, -0.1) is 0 Å². The van der Waals surface area contributed by atoms with E-state index in [2.05, 4.69) is 25.3 Å². The number of hydrogen-bond donors (Lipinski definition) is 3. The minimum absolute atomic E-state index is 0.0116. The first-order valence-corrected chi connectivity index (χ1v) is 11.0. The fourth-order valence-corrected chi connectivity index (χ4v) is 3.98. The zero-order valence-electron chi connectivity index (χ0n) is 18.9. The summed E-state index contributed by atoms with van der Waals surface area (Å²) in [6.45, 7) is 3.27. The van der Waals surface area contributed by atoms with Crippen LogP contribution >= 0.6 is 0 Å². The second kappa shape index (κ2) is 10.3. The van der Waals surface area contributed by atoms with Crippen molar-refractivity contribution in [3.63, 3.8) is 0 Å². The van der Waals surface area contributed by atoms with Crippen molar-refractivity contribution in [1.29, 1.82) is 5.41 Å². The Kier molecular flexibility index (Phi) is 7.22. The molecule has 12 heteroatoms. The molecule has 0 bridgehead atoms. The van der Waals surface area contributed by atoms with Gasteiger partial charge in [-0.1, -0.05) is 6.08 Å². The van der Waals surface area contributed by atoms with Crippen LogP contribution in [0.25, 0.3) is 0 Å². The average Bonchev–Trinajstić information content (AvgIpc) is 3.06. The molecule has 35 heavy (non-hydrogen) atoms. The SMILES string of the molecule is C[C@@H]1CCN(c2cnc(C(F)(F)F)cn2)CCN1C(O)/C(C(=N)c1ncccn1)=C1\C=CC=CN1. The summed E-state index contributed by atoms with van der Waals surface area (Å²) in [7, 11) is 0. The predicted molar refractivity (Wildman–Crippen MR) is 123 cm³/mol. The fraction of sp³-hybridized carbons (Fsp3) is 0.348. The molecule has 2 aromatic rings. The highest BCUT2D eigenvalue weighted by atomic mass is 19.4. The summed E-state index contributed by atoms with van der Waals surface area (Å²) in [6.07, 6.45) is 6.91. The number of nitrogens with zero attached hydrogens (tertiary/aromatic N) is 6. The Morgan fingerprint density at radius 1 is 1.11 bits per heavy atom. The van der Waals surface area contributed by atoms with E-state index in [4.69, 9.17) is 5.41 Å². The van der Waals surface area contributed by atoms with Crippen LogP contribution in [-0.4, -0.2) is 67.6 Å². The third-order valence-electron chi connectivity index (χ3n) is 5.89. The molecule has 0 saturated carbocycles. The number of allylic oxidation sites excluding steroid dienone is 3. The van der Waals surface area contributed by atoms with Crippen LogP contribution in [-0.2, 0) is 6.18 Å². The highest BCUT2D eigenvalue weighted by molar-refractivity contribution is 6.09. The highest BCUT2D eigenvalue weighted by Gasteiger charge is 2.34. The van der Waals surface area contributed by atoms with Crippen LogP contribution < -0.4 is 10.2 Å². The molecule has 2 atom stereocenters. The molecular weight excluding hydrogens is 461 g/mol. The maximum Gasteiger partial charge on any atom is 0.434 e. The fourth-order valence-electron chi connectivity index (χ4n) is 3.98. The number of rotatable bonds is 5. The van der Waals surface area contributed by atoms with Crippen molar-refractivity contribution < 1.29 is 18.3 Å². The summed E-state index contributed by atoms with van der Waals surface area (Å²) < 4.78 is 38.5. The normalized spacial score (nSPS) is 21.3. The van der Waals surface area contributed by atoms with Gasteiger partial charge in [-0.25, -0.2) is 19.9 Å². The van der Waals surface area contributed by atoms with E-state index in [1.54, 1.807) is 30.5 Å². The smallest absolute Gasteiger partial charge is 0.374 e. The number of nitrogens with one attached hydrogen (secondary N) is 2. The molecule has 2 aromatic heterocycles. The van der Waals surface area contributed by atoms with Gasteiger partial charge in [-0.05, 0) is 31.6 Å². The Morgan fingerprint density at radius 3 is 2.51 bits per heavy atom. The van der Waals surface area contributed by atoms with Crippen molar-refractivity contribution >= 4 is 11.5 Å². The van der Waals surface area contributed by atoms with Gasteiger partial charge in [0.2, 0.25) is 0 Å². The molecule has 4 heterocycles. The molecule has 4 rings (SSSR count). The van der Waals surface area contributed by atoms with Crippen molar-refractivity contribution in [2.45, 2.75) is 31.8 Å². The van der Waals surface area contributed by atoms with Crippen molar-refractivity contribution in [2.75, 3.05) is 24.5 Å². The molecule has 3 N–H and O–H groups in total. The van der Waals surface area contributed by atoms with E-state index in [0.717, 1.165) is 12.4 Å². The second-order valence-corrected chi connectivity index (χ2v) is 8.13. The van der Waals surface area contributed by atoms with E-state index in [1.165, 1.54) is 12.4 Å². The van der Waals surface area contributed by atoms with Gasteiger partial charge in [0, 0.05) is 55.5 Å². The van der Waals surface area contributed by atoms with E-state index < -0.39 is 18.1 Å². The Morgan fingerprint density at radius 2 is 1.89 bits per heavy atom. The molecule has 1 unspecified atom stereocenters. The lowest BCUT2D eigenvalue weighted by atomic mass is 10.0. The van der Waals surface area contributed by atoms with Crippen molar-refractivity contribution in [3.05, 3.63) is 78.1 Å². The maximum atomic E-state index is 12.8. The standard InChI is InChI=1S/C23H25F3N8O/c1-15-6-10-33(18-14-31-17(13-32-18)23(24,25)26)11-12-34(15)22(35)19(16-5-2-3-7-28-16)20(27)21-29-8-4-9-30-21/h2-5,7-9,13-15,22,27-28,35H,6,10-12H2,1H3/b19-16+,27-20?/t15-,22?/m1/s1. The summed E-state index contributed by atoms with van der Waals surface area (Å²) >= 11 is 0. The summed E-state index contributed by atoms with van der Waals surface area (Å²) in [5.74, 6) is 0.524. The van der Waals surface area contributed by atoms with Crippen LogP contribution in [0.2, 0.25) is 0 Å². The molecule has 1 fully saturated rings. The zero-order valence-corrected chi connectivity index (χ0v) is 18.9. The molecule has 0 aromatic carbocycles. The Balaban J connectivity index is 1.57. The molecule has 0 radical (unpaired) electrons. The van der Waals surface area contributed by atoms with Crippen LogP contribution in [0.3, 0.4) is 0 Å². The summed E-state index contributed by atoms with van der Waals surface area (Å²) in [5.41, 5.74) is -0.172. The topological polar surface area (TPSA) is 114 Å². The first kappa shape index (κ1) is 24.5. The van der Waals surface area contributed by atoms with Crippen LogP contribution in [0.4, 0.5) is 19.0 Å². The van der Waals surface area contributed by atoms with E-state index in [0.29, 0.717) is 43.1 Å². The van der Waals surface area contributed by atoms with Gasteiger partial charge in [-0.2, -0.15) is 13.2 Å². The summed E-state index contributed by atoms with van der Waals surface area (Å²) in [6, 6.07) is 1.55. The molecule has 0 amide bonds. The molecule has 184 valence electrons. The summed E-state index contributed by atoms with van der Waals surface area (Å²) in [4.78, 5) is 19.5. The quantitative estimate of drug-likeness (QED) is 0.553. The van der Waals surface area contributed by atoms with Gasteiger partial charge in [0.05, 0.1) is 12.4 Å². The molecule has 1 saturated heterocycles. The maximum absolute atomic E-state index is 12.8. The molecule has 0 spiro atoms. The zero-order chi connectivity index (χ0) is 25.0. The number of anilines is 1. The number of aromatic nitrogens is 4. The van der Waals surface area contributed by atoms with Gasteiger partial charge in [-0.3, -0.25) is 10.3 Å². The van der Waals surface area contributed by atoms with E-state index in [-0.39, 0.29) is 17.6 Å². The van der Waals surface area contributed by atoms with E-state index in [1.807, 2.05) is 16.7 Å². The van der Waals surface area contributed by atoms with Gasteiger partial charge < -0.3 is 15.3 Å². The van der Waals surface area contributed by atoms with Crippen molar-refractivity contribution in [3.8, 4) is 0 Å². The summed E-state index contributed by atoms with van der Waals surface area (Å²) in [5, 5.41) is 23.3. The van der Waals surface area contributed by atoms with E-state index in [9.17, 15) is 18.3 Å². The number of dihydropyridines is 1. The largest absolute Gasteiger partial charge is 0.434 e.